The molecule has 3 heterocycles. The minimum atomic E-state index is -3.59. The maximum Gasteiger partial charge on any atom is 0.265 e. The van der Waals surface area contributed by atoms with Gasteiger partial charge in [0.1, 0.15) is 9.77 Å². The van der Waals surface area contributed by atoms with Crippen molar-refractivity contribution < 1.29 is 13.2 Å². The van der Waals surface area contributed by atoms with E-state index < -0.39 is 10.0 Å². The molecule has 1 N–H and O–H groups in total. The van der Waals surface area contributed by atoms with Crippen molar-refractivity contribution in [2.24, 2.45) is 0 Å². The third-order valence-corrected chi connectivity index (χ3v) is 7.28. The molecular formula is C14H21N3O3S2. The fraction of sp³-hybridized carbons (Fsp3) is 0.643. The Balaban J connectivity index is 1.86. The number of hydrogen-bond acceptors (Lipinski definition) is 5. The molecule has 0 saturated carbocycles. The van der Waals surface area contributed by atoms with Gasteiger partial charge in [0.2, 0.25) is 10.0 Å². The van der Waals surface area contributed by atoms with Gasteiger partial charge in [-0.25, -0.2) is 12.7 Å². The van der Waals surface area contributed by atoms with Crippen molar-refractivity contribution >= 4 is 27.3 Å². The first-order chi connectivity index (χ1) is 10.4. The van der Waals surface area contributed by atoms with Crippen molar-refractivity contribution in [3.8, 4) is 0 Å². The largest absolute Gasteiger partial charge is 0.336 e. The molecule has 8 heteroatoms. The van der Waals surface area contributed by atoms with E-state index in [4.69, 9.17) is 0 Å². The van der Waals surface area contributed by atoms with Crippen molar-refractivity contribution in [2.75, 3.05) is 27.2 Å². The summed E-state index contributed by atoms with van der Waals surface area (Å²) >= 11 is 1.20. The molecule has 2 bridgehead atoms. The summed E-state index contributed by atoms with van der Waals surface area (Å²) < 4.78 is 25.8. The molecule has 1 aromatic heterocycles. The van der Waals surface area contributed by atoms with Crippen molar-refractivity contribution in [2.45, 2.75) is 36.2 Å². The van der Waals surface area contributed by atoms with Gasteiger partial charge < -0.3 is 10.2 Å². The quantitative estimate of drug-likeness (QED) is 0.888. The number of nitrogens with zero attached hydrogens (tertiary/aromatic N) is 2. The van der Waals surface area contributed by atoms with Crippen LogP contribution in [0.2, 0.25) is 0 Å². The van der Waals surface area contributed by atoms with Crippen LogP contribution in [0.25, 0.3) is 0 Å². The lowest BCUT2D eigenvalue weighted by Gasteiger charge is -2.24. The van der Waals surface area contributed by atoms with Gasteiger partial charge in [-0.1, -0.05) is 0 Å². The zero-order valence-electron chi connectivity index (χ0n) is 12.8. The van der Waals surface area contributed by atoms with Crippen LogP contribution in [0.3, 0.4) is 0 Å². The second-order valence-corrected chi connectivity index (χ2v) is 9.12. The molecule has 2 aliphatic heterocycles. The van der Waals surface area contributed by atoms with Gasteiger partial charge in [-0.3, -0.25) is 4.79 Å². The third-order valence-electron chi connectivity index (χ3n) is 4.39. The zero-order chi connectivity index (χ0) is 15.9. The molecule has 1 aromatic rings. The first-order valence-electron chi connectivity index (χ1n) is 7.45. The lowest BCUT2D eigenvalue weighted by molar-refractivity contribution is 0.0749. The number of thiophene rings is 1. The van der Waals surface area contributed by atoms with E-state index in [9.17, 15) is 13.2 Å². The molecule has 0 spiro atoms. The first-order valence-corrected chi connectivity index (χ1v) is 9.77. The van der Waals surface area contributed by atoms with Crippen LogP contribution in [0.1, 0.15) is 28.9 Å². The minimum absolute atomic E-state index is 0.120. The first kappa shape index (κ1) is 15.9. The highest BCUT2D eigenvalue weighted by molar-refractivity contribution is 7.89. The number of fused-ring (bicyclic) bond motifs is 2. The van der Waals surface area contributed by atoms with Crippen molar-refractivity contribution in [1.82, 2.24) is 14.5 Å². The maximum atomic E-state index is 12.8. The number of carbonyl (C=O) groups is 1. The smallest absolute Gasteiger partial charge is 0.265 e. The topological polar surface area (TPSA) is 69.7 Å². The minimum Gasteiger partial charge on any atom is -0.336 e. The van der Waals surface area contributed by atoms with Crippen LogP contribution >= 0.6 is 11.3 Å². The number of carbonyl (C=O) groups excluding carboxylic acids is 1. The average molecular weight is 343 g/mol. The molecule has 2 aliphatic rings. The lowest BCUT2D eigenvalue weighted by Crippen LogP contribution is -2.39. The molecule has 122 valence electrons. The Bertz CT molecular complexity index is 669. The van der Waals surface area contributed by atoms with Gasteiger partial charge in [-0.05, 0) is 30.7 Å². The summed E-state index contributed by atoms with van der Waals surface area (Å²) in [5.74, 6) is -0.162. The summed E-state index contributed by atoms with van der Waals surface area (Å²) in [6.07, 6.45) is 3.19. The van der Waals surface area contributed by atoms with Crippen molar-refractivity contribution in [1.29, 1.82) is 0 Å². The number of nitrogens with one attached hydrogen (secondary N) is 1. The summed E-state index contributed by atoms with van der Waals surface area (Å²) in [5.41, 5.74) is 0. The highest BCUT2D eigenvalue weighted by Gasteiger charge is 2.34. The average Bonchev–Trinajstić information content (AvgIpc) is 3.05. The molecule has 22 heavy (non-hydrogen) atoms. The summed E-state index contributed by atoms with van der Waals surface area (Å²) in [6.45, 7) is 1.35. The van der Waals surface area contributed by atoms with Gasteiger partial charge >= 0.3 is 0 Å². The van der Waals surface area contributed by atoms with E-state index in [1.165, 1.54) is 37.9 Å². The highest BCUT2D eigenvalue weighted by atomic mass is 32.2. The Morgan fingerprint density at radius 2 is 2.05 bits per heavy atom. The standard InChI is InChI=1S/C14H21N3O3S2/c1-16(2)22(19,20)12-6-8-21-13(12)14(18)17-7-5-10-3-4-11(9-17)15-10/h6,8,10-11,15H,3-5,7,9H2,1-2H3. The second-order valence-electron chi connectivity index (χ2n) is 6.08. The van der Waals surface area contributed by atoms with Crippen LogP contribution in [0.5, 0.6) is 0 Å². The van der Waals surface area contributed by atoms with Crippen molar-refractivity contribution in [3.05, 3.63) is 16.3 Å². The van der Waals surface area contributed by atoms with Gasteiger partial charge in [0, 0.05) is 39.3 Å². The predicted octanol–water partition coefficient (Wildman–Crippen LogP) is 0.965. The monoisotopic (exact) mass is 343 g/mol. The Hall–Kier alpha value is -0.960. The number of amides is 1. The van der Waals surface area contributed by atoms with Gasteiger partial charge in [0.15, 0.2) is 0 Å². The van der Waals surface area contributed by atoms with E-state index in [-0.39, 0.29) is 10.8 Å². The van der Waals surface area contributed by atoms with Crippen LogP contribution in [-0.4, -0.2) is 62.8 Å². The molecule has 2 fully saturated rings. The van der Waals surface area contributed by atoms with Gasteiger partial charge in [-0.15, -0.1) is 11.3 Å². The predicted molar refractivity (Wildman–Crippen MR) is 85.7 cm³/mol. The molecule has 6 nitrogen and oxygen atoms in total. The number of likely N-dealkylation sites (tertiary alicyclic amines) is 1. The van der Waals surface area contributed by atoms with E-state index in [2.05, 4.69) is 5.32 Å². The van der Waals surface area contributed by atoms with E-state index in [1.807, 2.05) is 0 Å². The second kappa shape index (κ2) is 5.92. The summed E-state index contributed by atoms with van der Waals surface area (Å²) in [7, 11) is -0.622. The van der Waals surface area contributed by atoms with Gasteiger partial charge in [0.25, 0.3) is 5.91 Å². The molecule has 1 amide bonds. The van der Waals surface area contributed by atoms with E-state index >= 15 is 0 Å². The maximum absolute atomic E-state index is 12.8. The van der Waals surface area contributed by atoms with Crippen LogP contribution < -0.4 is 5.32 Å². The zero-order valence-corrected chi connectivity index (χ0v) is 14.4. The Labute approximate surface area is 135 Å². The fourth-order valence-corrected chi connectivity index (χ4v) is 5.38. The normalized spacial score (nSPS) is 25.5. The lowest BCUT2D eigenvalue weighted by atomic mass is 10.1. The van der Waals surface area contributed by atoms with E-state index in [0.29, 0.717) is 30.1 Å². The molecule has 3 rings (SSSR count). The number of rotatable bonds is 3. The molecule has 2 unspecified atom stereocenters. The SMILES string of the molecule is CN(C)S(=O)(=O)c1ccsc1C(=O)N1CCC2CCC(C1)N2. The van der Waals surface area contributed by atoms with Crippen LogP contribution in [0, 0.1) is 0 Å². The Kier molecular flexibility index (Phi) is 4.28. The van der Waals surface area contributed by atoms with Gasteiger partial charge in [-0.2, -0.15) is 0 Å². The molecule has 0 aromatic carbocycles. The fourth-order valence-electron chi connectivity index (χ4n) is 3.12. The molecule has 0 radical (unpaired) electrons. The number of sulfonamides is 1. The molecule has 2 atom stereocenters. The highest BCUT2D eigenvalue weighted by Crippen LogP contribution is 2.27. The molecule has 0 aliphatic carbocycles. The summed E-state index contributed by atoms with van der Waals surface area (Å²) in [4.78, 5) is 15.1. The Morgan fingerprint density at radius 1 is 1.32 bits per heavy atom. The van der Waals surface area contributed by atoms with Crippen molar-refractivity contribution in [3.63, 3.8) is 0 Å². The third kappa shape index (κ3) is 2.80. The summed E-state index contributed by atoms with van der Waals surface area (Å²) in [5, 5.41) is 5.20. The van der Waals surface area contributed by atoms with E-state index in [0.717, 1.165) is 17.1 Å². The molecular weight excluding hydrogens is 322 g/mol. The van der Waals surface area contributed by atoms with Crippen LogP contribution in [-0.2, 0) is 10.0 Å². The number of hydrogen-bond donors (Lipinski definition) is 1. The molecule has 2 saturated heterocycles. The van der Waals surface area contributed by atoms with E-state index in [1.54, 1.807) is 10.3 Å². The van der Waals surface area contributed by atoms with Crippen LogP contribution in [0.4, 0.5) is 0 Å². The Morgan fingerprint density at radius 3 is 2.77 bits per heavy atom. The summed E-state index contributed by atoms with van der Waals surface area (Å²) in [6, 6.07) is 2.36. The van der Waals surface area contributed by atoms with Crippen LogP contribution in [0.15, 0.2) is 16.3 Å². The van der Waals surface area contributed by atoms with Gasteiger partial charge in [0.05, 0.1) is 0 Å².